The average Bonchev–Trinajstić information content (AvgIpc) is 1.62. The SMILES string of the molecule is [2H]C(F)(F)C(=O)NF. The van der Waals surface area contributed by atoms with E-state index in [-0.39, 0.29) is 5.54 Å². The molecule has 0 aromatic rings. The zero-order chi connectivity index (χ0) is 6.78. The molecule has 0 atom stereocenters. The average molecular weight is 114 g/mol. The van der Waals surface area contributed by atoms with Crippen molar-refractivity contribution in [1.29, 1.82) is 0 Å². The van der Waals surface area contributed by atoms with Crippen molar-refractivity contribution in [1.82, 2.24) is 5.54 Å². The molecule has 2 nitrogen and oxygen atoms in total. The second kappa shape index (κ2) is 2.44. The minimum absolute atomic E-state index is 0.128. The number of alkyl halides is 2. The van der Waals surface area contributed by atoms with Crippen molar-refractivity contribution in [2.24, 2.45) is 0 Å². The van der Waals surface area contributed by atoms with E-state index in [0.717, 1.165) is 0 Å². The maximum Gasteiger partial charge on any atom is 0.317 e. The minimum atomic E-state index is -4.37. The van der Waals surface area contributed by atoms with Gasteiger partial charge in [0, 0.05) is 0 Å². The highest BCUT2D eigenvalue weighted by Crippen LogP contribution is 1.88. The van der Waals surface area contributed by atoms with Gasteiger partial charge in [-0.3, -0.25) is 4.79 Å². The molecule has 42 valence electrons. The molecule has 0 saturated heterocycles. The summed E-state index contributed by atoms with van der Waals surface area (Å²) in [6, 6.07) is 0. The number of carbonyl (C=O) groups is 1. The van der Waals surface area contributed by atoms with Gasteiger partial charge in [-0.15, -0.1) is 4.48 Å². The van der Waals surface area contributed by atoms with Crippen LogP contribution in [0, 0.1) is 0 Å². The predicted molar refractivity (Wildman–Crippen MR) is 15.3 cm³/mol. The molecule has 0 heterocycles. The zero-order valence-electron chi connectivity index (χ0n) is 4.04. The van der Waals surface area contributed by atoms with Gasteiger partial charge < -0.3 is 0 Å². The Morgan fingerprint density at radius 1 is 1.86 bits per heavy atom. The van der Waals surface area contributed by atoms with Crippen molar-refractivity contribution < 1.29 is 19.4 Å². The quantitative estimate of drug-likeness (QED) is 0.486. The summed E-state index contributed by atoms with van der Waals surface area (Å²) in [5.41, 5.74) is 0.128. The molecular weight excluding hydrogens is 111 g/mol. The second-order valence-electron chi connectivity index (χ2n) is 0.684. The van der Waals surface area contributed by atoms with Crippen LogP contribution in [0.2, 0.25) is 0 Å². The molecule has 0 fully saturated rings. The van der Waals surface area contributed by atoms with Gasteiger partial charge in [-0.2, -0.15) is 14.3 Å². The molecule has 0 unspecified atom stereocenters. The first-order valence-corrected chi connectivity index (χ1v) is 1.27. The molecule has 5 heteroatoms. The number of nitrogens with one attached hydrogen (secondary N) is 1. The highest BCUT2D eigenvalue weighted by Gasteiger charge is 2.12. The Kier molecular flexibility index (Phi) is 1.54. The van der Waals surface area contributed by atoms with Crippen LogP contribution in [0.1, 0.15) is 1.37 Å². The van der Waals surface area contributed by atoms with Crippen LogP contribution < -0.4 is 5.54 Å². The molecule has 0 bridgehead atoms. The molecule has 0 aromatic carbocycles. The smallest absolute Gasteiger partial charge is 0.266 e. The Hall–Kier alpha value is -0.740. The summed E-state index contributed by atoms with van der Waals surface area (Å²) < 4.78 is 38.5. The van der Waals surface area contributed by atoms with Gasteiger partial charge in [0.2, 0.25) is 0 Å². The van der Waals surface area contributed by atoms with E-state index in [1.54, 1.807) is 0 Å². The van der Waals surface area contributed by atoms with E-state index in [0.29, 0.717) is 0 Å². The highest BCUT2D eigenvalue weighted by molar-refractivity contribution is 5.77. The molecule has 0 aliphatic rings. The number of carbonyl (C=O) groups excluding carboxylic acids is 1. The van der Waals surface area contributed by atoms with Gasteiger partial charge in [0.15, 0.2) is 0 Å². The van der Waals surface area contributed by atoms with Crippen LogP contribution in [0.3, 0.4) is 0 Å². The number of rotatable bonds is 1. The first-order valence-electron chi connectivity index (χ1n) is 1.77. The molecule has 0 saturated carbocycles. The van der Waals surface area contributed by atoms with E-state index in [4.69, 9.17) is 1.37 Å². The van der Waals surface area contributed by atoms with Crippen LogP contribution in [-0.4, -0.2) is 12.3 Å². The monoisotopic (exact) mass is 114 g/mol. The first-order chi connectivity index (χ1) is 3.48. The van der Waals surface area contributed by atoms with E-state index in [1.807, 2.05) is 0 Å². The maximum atomic E-state index is 11.1. The lowest BCUT2D eigenvalue weighted by Crippen LogP contribution is -2.21. The first kappa shape index (κ1) is 4.42. The fourth-order valence-electron chi connectivity index (χ4n) is 0.0357. The molecule has 1 N–H and O–H groups in total. The number of hydrogen-bond acceptors (Lipinski definition) is 1. The Balaban J connectivity index is 3.82. The lowest BCUT2D eigenvalue weighted by atomic mass is 10.7. The Labute approximate surface area is 38.7 Å². The number of hydrogen-bond donors (Lipinski definition) is 1. The van der Waals surface area contributed by atoms with E-state index in [9.17, 15) is 18.1 Å². The van der Waals surface area contributed by atoms with Gasteiger partial charge in [0.25, 0.3) is 0 Å². The second-order valence-corrected chi connectivity index (χ2v) is 0.684. The highest BCUT2D eigenvalue weighted by atomic mass is 19.3. The van der Waals surface area contributed by atoms with Crippen LogP contribution in [0.25, 0.3) is 0 Å². The fourth-order valence-corrected chi connectivity index (χ4v) is 0.0357. The standard InChI is InChI=1S/C2H2F3NO/c3-1(4)2(7)6-5/h1H,(H,6,7)/i1D. The van der Waals surface area contributed by atoms with Gasteiger partial charge in [0.05, 0.1) is 0 Å². The molecule has 0 radical (unpaired) electrons. The fraction of sp³-hybridized carbons (Fsp3) is 0.500. The van der Waals surface area contributed by atoms with Crippen LogP contribution in [0.5, 0.6) is 0 Å². The molecule has 0 aliphatic heterocycles. The van der Waals surface area contributed by atoms with Gasteiger partial charge in [-0.25, -0.2) is 0 Å². The van der Waals surface area contributed by atoms with Crippen LogP contribution in [-0.2, 0) is 4.79 Å². The van der Waals surface area contributed by atoms with E-state index in [1.165, 1.54) is 0 Å². The Morgan fingerprint density at radius 3 is 2.29 bits per heavy atom. The molecule has 0 rings (SSSR count). The summed E-state index contributed by atoms with van der Waals surface area (Å²) in [6.07, 6.45) is -4.37. The lowest BCUT2D eigenvalue weighted by Gasteiger charge is -1.88. The van der Waals surface area contributed by atoms with E-state index < -0.39 is 12.3 Å². The van der Waals surface area contributed by atoms with E-state index in [2.05, 4.69) is 0 Å². The normalized spacial score (nSPS) is 12.7. The summed E-state index contributed by atoms with van der Waals surface area (Å²) in [6.45, 7) is 0. The van der Waals surface area contributed by atoms with Crippen molar-refractivity contribution in [3.63, 3.8) is 0 Å². The van der Waals surface area contributed by atoms with Gasteiger partial charge in [0.1, 0.15) is 1.37 Å². The van der Waals surface area contributed by atoms with Crippen LogP contribution in [0.4, 0.5) is 13.3 Å². The van der Waals surface area contributed by atoms with Gasteiger partial charge in [-0.05, 0) is 0 Å². The molecule has 7 heavy (non-hydrogen) atoms. The Morgan fingerprint density at radius 2 is 2.29 bits per heavy atom. The number of halogens is 3. The minimum Gasteiger partial charge on any atom is -0.266 e. The Bertz CT molecular complexity index is 99.9. The summed E-state index contributed by atoms with van der Waals surface area (Å²) in [4.78, 5) is 9.41. The van der Waals surface area contributed by atoms with Crippen molar-refractivity contribution in [2.75, 3.05) is 0 Å². The molecule has 0 aromatic heterocycles. The molecule has 1 amide bonds. The molecule has 0 aliphatic carbocycles. The zero-order valence-corrected chi connectivity index (χ0v) is 3.04. The molecular formula is C2H2F3NO. The third-order valence-corrected chi connectivity index (χ3v) is 0.257. The summed E-state index contributed by atoms with van der Waals surface area (Å²) in [5.74, 6) is -2.25. The van der Waals surface area contributed by atoms with Crippen molar-refractivity contribution in [3.05, 3.63) is 0 Å². The van der Waals surface area contributed by atoms with E-state index >= 15 is 0 Å². The molecule has 0 spiro atoms. The summed E-state index contributed by atoms with van der Waals surface area (Å²) >= 11 is 0. The number of amides is 1. The summed E-state index contributed by atoms with van der Waals surface area (Å²) in [5, 5.41) is 0. The van der Waals surface area contributed by atoms with Crippen molar-refractivity contribution in [3.8, 4) is 0 Å². The van der Waals surface area contributed by atoms with Gasteiger partial charge >= 0.3 is 12.3 Å². The lowest BCUT2D eigenvalue weighted by molar-refractivity contribution is -0.136. The summed E-state index contributed by atoms with van der Waals surface area (Å²) in [7, 11) is 0. The predicted octanol–water partition coefficient (Wildman–Crippen LogP) is 0.252. The topological polar surface area (TPSA) is 29.1 Å². The van der Waals surface area contributed by atoms with Crippen molar-refractivity contribution >= 4 is 5.91 Å². The van der Waals surface area contributed by atoms with Crippen LogP contribution >= 0.6 is 0 Å². The largest absolute Gasteiger partial charge is 0.317 e. The maximum absolute atomic E-state index is 11.1. The third kappa shape index (κ3) is 2.02. The van der Waals surface area contributed by atoms with Crippen LogP contribution in [0.15, 0.2) is 0 Å². The van der Waals surface area contributed by atoms with Crippen molar-refractivity contribution in [2.45, 2.75) is 6.40 Å². The third-order valence-electron chi connectivity index (χ3n) is 0.257. The van der Waals surface area contributed by atoms with Gasteiger partial charge in [-0.1, -0.05) is 0 Å².